The van der Waals surface area contributed by atoms with Crippen molar-refractivity contribution in [3.8, 4) is 17.2 Å². The summed E-state index contributed by atoms with van der Waals surface area (Å²) >= 11 is 0. The van der Waals surface area contributed by atoms with Gasteiger partial charge in [0.1, 0.15) is 5.76 Å². The maximum absolute atomic E-state index is 13.0. The van der Waals surface area contributed by atoms with Crippen molar-refractivity contribution in [1.29, 1.82) is 0 Å². The van der Waals surface area contributed by atoms with Crippen LogP contribution in [0.5, 0.6) is 17.2 Å². The molecule has 0 aliphatic heterocycles. The highest BCUT2D eigenvalue weighted by Gasteiger charge is 2.34. The quantitative estimate of drug-likeness (QED) is 0.780. The van der Waals surface area contributed by atoms with E-state index in [4.69, 9.17) is 18.6 Å². The minimum atomic E-state index is -0.0758. The first kappa shape index (κ1) is 16.2. The average molecular weight is 331 g/mol. The maximum Gasteiger partial charge on any atom is 0.254 e. The smallest absolute Gasteiger partial charge is 0.254 e. The van der Waals surface area contributed by atoms with Gasteiger partial charge in [0.05, 0.1) is 34.1 Å². The van der Waals surface area contributed by atoms with Gasteiger partial charge < -0.3 is 23.5 Å². The van der Waals surface area contributed by atoms with E-state index in [-0.39, 0.29) is 11.9 Å². The third kappa shape index (κ3) is 3.18. The van der Waals surface area contributed by atoms with Gasteiger partial charge >= 0.3 is 0 Å². The second-order valence-electron chi connectivity index (χ2n) is 5.66. The summed E-state index contributed by atoms with van der Waals surface area (Å²) in [7, 11) is 4.61. The number of carbonyl (C=O) groups is 1. The van der Waals surface area contributed by atoms with Gasteiger partial charge in [0.2, 0.25) is 5.75 Å². The fourth-order valence-electron chi connectivity index (χ4n) is 2.69. The molecule has 1 saturated carbocycles. The van der Waals surface area contributed by atoms with Gasteiger partial charge in [0.25, 0.3) is 5.91 Å². The molecule has 0 saturated heterocycles. The first-order valence-corrected chi connectivity index (χ1v) is 7.81. The standard InChI is InChI=1S/C18H21NO5/c1-21-15-9-12(10-16(22-2)17(15)23-3)18(20)19(13-6-7-13)11-14-5-4-8-24-14/h4-5,8-10,13H,6-7,11H2,1-3H3. The zero-order valence-corrected chi connectivity index (χ0v) is 14.1. The predicted octanol–water partition coefficient (Wildman–Crippen LogP) is 3.11. The minimum Gasteiger partial charge on any atom is -0.493 e. The molecule has 0 spiro atoms. The lowest BCUT2D eigenvalue weighted by molar-refractivity contribution is 0.0716. The molecule has 0 N–H and O–H groups in total. The molecule has 1 aliphatic carbocycles. The molecule has 1 aromatic heterocycles. The number of nitrogens with zero attached hydrogens (tertiary/aromatic N) is 1. The van der Waals surface area contributed by atoms with Crippen LogP contribution in [-0.2, 0) is 6.54 Å². The molecule has 1 heterocycles. The molecular formula is C18H21NO5. The molecule has 2 aromatic rings. The Bertz CT molecular complexity index is 681. The molecule has 0 radical (unpaired) electrons. The van der Waals surface area contributed by atoms with E-state index in [1.54, 1.807) is 18.4 Å². The van der Waals surface area contributed by atoms with Crippen LogP contribution in [0.4, 0.5) is 0 Å². The summed E-state index contributed by atoms with van der Waals surface area (Å²) in [5.74, 6) is 2.10. The molecule has 6 heteroatoms. The number of hydrogen-bond donors (Lipinski definition) is 0. The largest absolute Gasteiger partial charge is 0.493 e. The summed E-state index contributed by atoms with van der Waals surface area (Å²) in [6.07, 6.45) is 3.64. The van der Waals surface area contributed by atoms with E-state index in [1.807, 2.05) is 17.0 Å². The second-order valence-corrected chi connectivity index (χ2v) is 5.66. The maximum atomic E-state index is 13.0. The summed E-state index contributed by atoms with van der Waals surface area (Å²) in [6.45, 7) is 0.452. The van der Waals surface area contributed by atoms with Crippen LogP contribution in [0.3, 0.4) is 0 Å². The van der Waals surface area contributed by atoms with Crippen molar-refractivity contribution in [2.45, 2.75) is 25.4 Å². The fourth-order valence-corrected chi connectivity index (χ4v) is 2.69. The topological polar surface area (TPSA) is 61.1 Å². The molecule has 0 unspecified atom stereocenters. The molecule has 128 valence electrons. The Morgan fingerprint density at radius 1 is 1.17 bits per heavy atom. The van der Waals surface area contributed by atoms with Crippen molar-refractivity contribution in [3.63, 3.8) is 0 Å². The highest BCUT2D eigenvalue weighted by atomic mass is 16.5. The molecular weight excluding hydrogens is 310 g/mol. The first-order valence-electron chi connectivity index (χ1n) is 7.81. The lowest BCUT2D eigenvalue weighted by Crippen LogP contribution is -2.32. The highest BCUT2D eigenvalue weighted by Crippen LogP contribution is 2.39. The number of methoxy groups -OCH3 is 3. The van der Waals surface area contributed by atoms with Crippen molar-refractivity contribution in [2.75, 3.05) is 21.3 Å². The first-order chi connectivity index (χ1) is 11.7. The number of furan rings is 1. The number of rotatable bonds is 7. The van der Waals surface area contributed by atoms with E-state index in [9.17, 15) is 4.79 Å². The van der Waals surface area contributed by atoms with Crippen molar-refractivity contribution >= 4 is 5.91 Å². The third-order valence-electron chi connectivity index (χ3n) is 4.07. The molecule has 6 nitrogen and oxygen atoms in total. The minimum absolute atomic E-state index is 0.0758. The third-order valence-corrected chi connectivity index (χ3v) is 4.07. The average Bonchev–Trinajstić information content (AvgIpc) is 3.33. The van der Waals surface area contributed by atoms with Gasteiger partial charge in [-0.05, 0) is 37.1 Å². The molecule has 1 fully saturated rings. The molecule has 0 bridgehead atoms. The summed E-state index contributed by atoms with van der Waals surface area (Å²) < 4.78 is 21.4. The number of hydrogen-bond acceptors (Lipinski definition) is 5. The summed E-state index contributed by atoms with van der Waals surface area (Å²) in [4.78, 5) is 14.9. The van der Waals surface area contributed by atoms with Crippen LogP contribution in [0.15, 0.2) is 34.9 Å². The monoisotopic (exact) mass is 331 g/mol. The van der Waals surface area contributed by atoms with Crippen LogP contribution in [0, 0.1) is 0 Å². The van der Waals surface area contributed by atoms with Crippen molar-refractivity contribution in [1.82, 2.24) is 4.90 Å². The second kappa shape index (κ2) is 6.86. The van der Waals surface area contributed by atoms with E-state index in [2.05, 4.69) is 0 Å². The van der Waals surface area contributed by atoms with Crippen LogP contribution in [0.25, 0.3) is 0 Å². The van der Waals surface area contributed by atoms with E-state index < -0.39 is 0 Å². The Labute approximate surface area is 140 Å². The van der Waals surface area contributed by atoms with Crippen LogP contribution in [-0.4, -0.2) is 38.2 Å². The van der Waals surface area contributed by atoms with E-state index in [0.29, 0.717) is 29.4 Å². The Hall–Kier alpha value is -2.63. The Balaban J connectivity index is 1.92. The van der Waals surface area contributed by atoms with Crippen molar-refractivity contribution < 1.29 is 23.4 Å². The number of carbonyl (C=O) groups excluding carboxylic acids is 1. The molecule has 1 amide bonds. The highest BCUT2D eigenvalue weighted by molar-refractivity contribution is 5.96. The fraction of sp³-hybridized carbons (Fsp3) is 0.389. The molecule has 1 aliphatic rings. The Morgan fingerprint density at radius 3 is 2.29 bits per heavy atom. The SMILES string of the molecule is COc1cc(C(=O)N(Cc2ccco2)C2CC2)cc(OC)c1OC. The lowest BCUT2D eigenvalue weighted by Gasteiger charge is -2.22. The van der Waals surface area contributed by atoms with Gasteiger partial charge in [0.15, 0.2) is 11.5 Å². The Kier molecular flexibility index (Phi) is 4.64. The molecule has 3 rings (SSSR count). The van der Waals surface area contributed by atoms with E-state index in [0.717, 1.165) is 18.6 Å². The normalized spacial score (nSPS) is 13.5. The van der Waals surface area contributed by atoms with Gasteiger partial charge in [-0.15, -0.1) is 0 Å². The van der Waals surface area contributed by atoms with Gasteiger partial charge in [-0.25, -0.2) is 0 Å². The zero-order chi connectivity index (χ0) is 17.1. The lowest BCUT2D eigenvalue weighted by atomic mass is 10.1. The zero-order valence-electron chi connectivity index (χ0n) is 14.1. The number of ether oxygens (including phenoxy) is 3. The molecule has 0 atom stereocenters. The Morgan fingerprint density at radius 2 is 1.83 bits per heavy atom. The summed E-state index contributed by atoms with van der Waals surface area (Å²) in [5, 5.41) is 0. The van der Waals surface area contributed by atoms with E-state index >= 15 is 0 Å². The van der Waals surface area contributed by atoms with Crippen molar-refractivity contribution in [2.24, 2.45) is 0 Å². The number of amides is 1. The molecule has 24 heavy (non-hydrogen) atoms. The summed E-state index contributed by atoms with van der Waals surface area (Å²) in [6, 6.07) is 7.31. The van der Waals surface area contributed by atoms with Gasteiger partial charge in [-0.3, -0.25) is 4.79 Å². The number of benzene rings is 1. The van der Waals surface area contributed by atoms with E-state index in [1.165, 1.54) is 21.3 Å². The molecule has 1 aromatic carbocycles. The van der Waals surface area contributed by atoms with Crippen LogP contribution in [0.2, 0.25) is 0 Å². The van der Waals surface area contributed by atoms with Gasteiger partial charge in [-0.1, -0.05) is 0 Å². The summed E-state index contributed by atoms with van der Waals surface area (Å²) in [5.41, 5.74) is 0.503. The van der Waals surface area contributed by atoms with Crippen LogP contribution >= 0.6 is 0 Å². The predicted molar refractivity (Wildman–Crippen MR) is 87.7 cm³/mol. The van der Waals surface area contributed by atoms with Crippen molar-refractivity contribution in [3.05, 3.63) is 41.9 Å². The van der Waals surface area contributed by atoms with Crippen LogP contribution < -0.4 is 14.2 Å². The van der Waals surface area contributed by atoms with Gasteiger partial charge in [0, 0.05) is 11.6 Å². The van der Waals surface area contributed by atoms with Gasteiger partial charge in [-0.2, -0.15) is 0 Å². The van der Waals surface area contributed by atoms with Crippen LogP contribution in [0.1, 0.15) is 29.0 Å².